The van der Waals surface area contributed by atoms with Crippen molar-refractivity contribution in [1.82, 2.24) is 10.3 Å². The van der Waals surface area contributed by atoms with Crippen LogP contribution in [0, 0.1) is 0 Å². The highest BCUT2D eigenvalue weighted by Gasteiger charge is 2.11. The topological polar surface area (TPSA) is 146 Å². The predicted molar refractivity (Wildman–Crippen MR) is 136 cm³/mol. The van der Waals surface area contributed by atoms with Crippen molar-refractivity contribution in [3.63, 3.8) is 0 Å². The van der Waals surface area contributed by atoms with Gasteiger partial charge in [-0.2, -0.15) is 0 Å². The minimum atomic E-state index is -1.11. The van der Waals surface area contributed by atoms with Gasteiger partial charge in [-0.3, -0.25) is 0 Å². The number of carboxylic acid groups (broad SMARTS) is 1. The summed E-state index contributed by atoms with van der Waals surface area (Å²) < 4.78 is 10.6. The zero-order valence-corrected chi connectivity index (χ0v) is 20.5. The number of nitrogens with one attached hydrogen (secondary N) is 3. The van der Waals surface area contributed by atoms with Gasteiger partial charge in [0.05, 0.1) is 18.9 Å². The number of carbonyl (C=O) groups excluding carboxylic acids is 1. The second-order valence-electron chi connectivity index (χ2n) is 6.80. The molecule has 0 aliphatic rings. The van der Waals surface area contributed by atoms with Gasteiger partial charge in [-0.15, -0.1) is 0 Å². The summed E-state index contributed by atoms with van der Waals surface area (Å²) in [6.07, 6.45) is 3.83. The second kappa shape index (κ2) is 16.5. The van der Waals surface area contributed by atoms with Gasteiger partial charge in [0.15, 0.2) is 12.2 Å². The molecule has 0 fully saturated rings. The van der Waals surface area contributed by atoms with Gasteiger partial charge >= 0.3 is 12.1 Å². The van der Waals surface area contributed by atoms with E-state index in [2.05, 4.69) is 27.9 Å². The van der Waals surface area contributed by atoms with Crippen molar-refractivity contribution in [2.45, 2.75) is 40.2 Å². The first kappa shape index (κ1) is 29.0. The van der Waals surface area contributed by atoms with E-state index < -0.39 is 12.1 Å². The Morgan fingerprint density at radius 1 is 1.09 bits per heavy atom. The monoisotopic (exact) mass is 486 g/mol. The van der Waals surface area contributed by atoms with E-state index in [9.17, 15) is 9.59 Å². The molecule has 3 rings (SSSR count). The van der Waals surface area contributed by atoms with Crippen LogP contribution in [-0.4, -0.2) is 41.0 Å². The molecule has 0 aliphatic carbocycles. The molecule has 1 aromatic heterocycles. The molecule has 35 heavy (non-hydrogen) atoms. The summed E-state index contributed by atoms with van der Waals surface area (Å²) in [6, 6.07) is 11.6. The number of nitrogens with zero attached hydrogens (tertiary/aromatic N) is 1. The first-order chi connectivity index (χ1) is 17.0. The predicted octanol–water partition coefficient (Wildman–Crippen LogP) is 5.57. The number of carbonyl (C=O) groups is 2. The number of urea groups is 1. The van der Waals surface area contributed by atoms with Gasteiger partial charge in [-0.25, -0.2) is 14.6 Å². The molecule has 0 unspecified atom stereocenters. The molecule has 0 aliphatic heterocycles. The summed E-state index contributed by atoms with van der Waals surface area (Å²) >= 11 is 0. The van der Waals surface area contributed by atoms with Crippen LogP contribution >= 0.6 is 0 Å². The largest absolute Gasteiger partial charge is 0.496 e. The summed E-state index contributed by atoms with van der Waals surface area (Å²) in [5, 5.41) is 24.4. The van der Waals surface area contributed by atoms with E-state index >= 15 is 0 Å². The van der Waals surface area contributed by atoms with Gasteiger partial charge < -0.3 is 35.3 Å². The maximum absolute atomic E-state index is 12.3. The summed E-state index contributed by atoms with van der Waals surface area (Å²) in [6.45, 7) is 6.54. The van der Waals surface area contributed by atoms with E-state index in [0.717, 1.165) is 18.4 Å². The van der Waals surface area contributed by atoms with E-state index in [1.165, 1.54) is 13.5 Å². The van der Waals surface area contributed by atoms with Crippen molar-refractivity contribution in [1.29, 1.82) is 0 Å². The minimum Gasteiger partial charge on any atom is -0.496 e. The first-order valence-corrected chi connectivity index (χ1v) is 11.3. The second-order valence-corrected chi connectivity index (χ2v) is 6.80. The third kappa shape index (κ3) is 10.6. The number of aromatic nitrogens is 1. The number of amides is 3. The molecule has 2 aromatic carbocycles. The van der Waals surface area contributed by atoms with Crippen LogP contribution < -0.4 is 20.7 Å². The average molecular weight is 487 g/mol. The number of aliphatic hydroxyl groups is 1. The number of benzene rings is 2. The van der Waals surface area contributed by atoms with Crippen LogP contribution in [0.3, 0.4) is 0 Å². The lowest BCUT2D eigenvalue weighted by atomic mass is 10.1. The molecule has 0 saturated heterocycles. The molecule has 0 atom stereocenters. The molecule has 1 heterocycles. The quantitative estimate of drug-likeness (QED) is 0.280. The van der Waals surface area contributed by atoms with Crippen molar-refractivity contribution in [3.8, 4) is 17.1 Å². The lowest BCUT2D eigenvalue weighted by molar-refractivity contribution is 0.194. The molecule has 0 radical (unpaired) electrons. The number of anilines is 2. The Morgan fingerprint density at radius 2 is 1.80 bits per heavy atom. The smallest absolute Gasteiger partial charge is 0.404 e. The fourth-order valence-electron chi connectivity index (χ4n) is 2.71. The molecular weight excluding hydrogens is 452 g/mol. The van der Waals surface area contributed by atoms with Gasteiger partial charge in [0, 0.05) is 30.6 Å². The molecule has 0 bridgehead atoms. The number of ether oxygens (including phenoxy) is 1. The van der Waals surface area contributed by atoms with Crippen LogP contribution in [0.4, 0.5) is 21.0 Å². The molecule has 5 N–H and O–H groups in total. The van der Waals surface area contributed by atoms with E-state index in [0.29, 0.717) is 35.1 Å². The van der Waals surface area contributed by atoms with Crippen molar-refractivity contribution in [2.75, 3.05) is 24.4 Å². The van der Waals surface area contributed by atoms with Gasteiger partial charge in [0.1, 0.15) is 5.75 Å². The van der Waals surface area contributed by atoms with E-state index in [1.807, 2.05) is 13.8 Å². The van der Waals surface area contributed by atoms with Gasteiger partial charge in [-0.05, 0) is 36.2 Å². The molecule has 3 amide bonds. The van der Waals surface area contributed by atoms with E-state index in [4.69, 9.17) is 19.4 Å². The number of rotatable bonds is 8. The maximum atomic E-state index is 12.3. The molecular formula is C25H34N4O6. The SMILES string of the molecule is CC.CCCCO.COc1cc(NC(=O)Nc2cccc(CNC(=O)O)c2)ccc1-c1cnco1. The Labute approximate surface area is 205 Å². The Balaban J connectivity index is 0.000000779. The Morgan fingerprint density at radius 3 is 2.34 bits per heavy atom. The van der Waals surface area contributed by atoms with Crippen LogP contribution in [0.1, 0.15) is 39.2 Å². The standard InChI is InChI=1S/C19H18N4O5.C4H10O.C2H6/c1-27-16-8-14(5-6-15(16)17-10-20-11-28-17)23-18(24)22-13-4-2-3-12(7-13)9-21-19(25)26;1-2-3-4-5;1-2/h2-8,10-11,21H,9H2,1H3,(H,25,26)(H2,22,23,24);5H,2-4H2,1H3;1-2H3. The first-order valence-electron chi connectivity index (χ1n) is 11.3. The van der Waals surface area contributed by atoms with Crippen LogP contribution in [0.5, 0.6) is 5.75 Å². The van der Waals surface area contributed by atoms with Crippen LogP contribution in [0.2, 0.25) is 0 Å². The highest BCUT2D eigenvalue weighted by atomic mass is 16.5. The lowest BCUT2D eigenvalue weighted by Gasteiger charge is -2.11. The zero-order chi connectivity index (χ0) is 26.1. The number of hydrogen-bond donors (Lipinski definition) is 5. The summed E-state index contributed by atoms with van der Waals surface area (Å²) in [5.74, 6) is 1.08. The van der Waals surface area contributed by atoms with Crippen LogP contribution in [-0.2, 0) is 6.54 Å². The summed E-state index contributed by atoms with van der Waals surface area (Å²) in [7, 11) is 1.52. The zero-order valence-electron chi connectivity index (χ0n) is 20.5. The van der Waals surface area contributed by atoms with Gasteiger partial charge in [-0.1, -0.05) is 39.3 Å². The number of hydrogen-bond acceptors (Lipinski definition) is 6. The van der Waals surface area contributed by atoms with Crippen molar-refractivity contribution >= 4 is 23.5 Å². The lowest BCUT2D eigenvalue weighted by Crippen LogP contribution is -2.21. The molecule has 10 nitrogen and oxygen atoms in total. The van der Waals surface area contributed by atoms with E-state index in [-0.39, 0.29) is 6.54 Å². The normalized spacial score (nSPS) is 9.51. The fraction of sp³-hybridized carbons (Fsp3) is 0.320. The Hall–Kier alpha value is -4.05. The average Bonchev–Trinajstić information content (AvgIpc) is 3.40. The molecule has 0 saturated carbocycles. The third-order valence-corrected chi connectivity index (χ3v) is 4.30. The number of unbranched alkanes of at least 4 members (excludes halogenated alkanes) is 1. The summed E-state index contributed by atoms with van der Waals surface area (Å²) in [4.78, 5) is 26.7. The van der Waals surface area contributed by atoms with Gasteiger partial charge in [0.25, 0.3) is 0 Å². The summed E-state index contributed by atoms with van der Waals surface area (Å²) in [5.41, 5.74) is 2.50. The third-order valence-electron chi connectivity index (χ3n) is 4.30. The molecule has 0 spiro atoms. The van der Waals surface area contributed by atoms with Gasteiger partial charge in [0.2, 0.25) is 0 Å². The molecule has 190 valence electrons. The maximum Gasteiger partial charge on any atom is 0.404 e. The van der Waals surface area contributed by atoms with Crippen molar-refractivity contribution in [2.24, 2.45) is 0 Å². The van der Waals surface area contributed by atoms with Crippen molar-refractivity contribution < 1.29 is 29.0 Å². The Bertz CT molecular complexity index is 1020. The van der Waals surface area contributed by atoms with Crippen LogP contribution in [0.15, 0.2) is 59.5 Å². The van der Waals surface area contributed by atoms with Crippen molar-refractivity contribution in [3.05, 3.63) is 60.6 Å². The molecule has 3 aromatic rings. The molecule has 10 heteroatoms. The fourth-order valence-corrected chi connectivity index (χ4v) is 2.71. The number of aliphatic hydroxyl groups excluding tert-OH is 1. The minimum absolute atomic E-state index is 0.146. The van der Waals surface area contributed by atoms with E-state index in [1.54, 1.807) is 48.7 Å². The highest BCUT2D eigenvalue weighted by molar-refractivity contribution is 6.00. The number of oxazole rings is 1. The number of methoxy groups -OCH3 is 1. The Kier molecular flexibility index (Phi) is 13.7. The van der Waals surface area contributed by atoms with Crippen LogP contribution in [0.25, 0.3) is 11.3 Å². The highest BCUT2D eigenvalue weighted by Crippen LogP contribution is 2.32.